The normalized spacial score (nSPS) is 12.4. The zero-order chi connectivity index (χ0) is 14.7. The fraction of sp³-hybridized carbons (Fsp3) is 0.250. The summed E-state index contributed by atoms with van der Waals surface area (Å²) in [4.78, 5) is 0. The topological polar surface area (TPSA) is 12.0 Å². The summed E-state index contributed by atoms with van der Waals surface area (Å²) in [7, 11) is 0. The first-order valence-electron chi connectivity index (χ1n) is 6.51. The van der Waals surface area contributed by atoms with Crippen molar-refractivity contribution in [1.29, 1.82) is 0 Å². The first-order chi connectivity index (χ1) is 9.52. The molecule has 0 saturated carbocycles. The second-order valence-electron chi connectivity index (χ2n) is 4.64. The van der Waals surface area contributed by atoms with Gasteiger partial charge in [-0.2, -0.15) is 0 Å². The van der Waals surface area contributed by atoms with E-state index in [1.807, 2.05) is 30.3 Å². The second kappa shape index (κ2) is 6.82. The molecule has 0 fully saturated rings. The summed E-state index contributed by atoms with van der Waals surface area (Å²) in [5.41, 5.74) is 3.01. The molecule has 0 bridgehead atoms. The summed E-state index contributed by atoms with van der Waals surface area (Å²) < 4.78 is 0. The van der Waals surface area contributed by atoms with Crippen molar-refractivity contribution in [2.24, 2.45) is 0 Å². The number of nitrogens with one attached hydrogen (secondary N) is 1. The van der Waals surface area contributed by atoms with Crippen LogP contribution in [0.2, 0.25) is 15.1 Å². The lowest BCUT2D eigenvalue weighted by Gasteiger charge is -2.15. The number of rotatable bonds is 4. The van der Waals surface area contributed by atoms with Crippen LogP contribution in [0.25, 0.3) is 11.1 Å². The van der Waals surface area contributed by atoms with E-state index >= 15 is 0 Å². The standard InChI is InChI=1S/C16H16Cl3N/c1-3-20-10(2)13-6-4-11(8-15(13)18)14-7-5-12(17)9-16(14)19/h4-10,20H,3H2,1-2H3. The van der Waals surface area contributed by atoms with Crippen LogP contribution in [0, 0.1) is 0 Å². The molecule has 2 aromatic rings. The lowest BCUT2D eigenvalue weighted by Crippen LogP contribution is -2.17. The highest BCUT2D eigenvalue weighted by molar-refractivity contribution is 6.36. The van der Waals surface area contributed by atoms with E-state index < -0.39 is 0 Å². The predicted octanol–water partition coefficient (Wildman–Crippen LogP) is 5.98. The maximum atomic E-state index is 6.38. The van der Waals surface area contributed by atoms with Crippen molar-refractivity contribution in [3.05, 3.63) is 57.0 Å². The van der Waals surface area contributed by atoms with Crippen molar-refractivity contribution >= 4 is 34.8 Å². The molecule has 1 unspecified atom stereocenters. The highest BCUT2D eigenvalue weighted by Crippen LogP contribution is 2.34. The summed E-state index contributed by atoms with van der Waals surface area (Å²) in [5, 5.41) is 5.34. The van der Waals surface area contributed by atoms with Gasteiger partial charge in [-0.1, -0.05) is 59.9 Å². The molecule has 4 heteroatoms. The van der Waals surface area contributed by atoms with Crippen LogP contribution in [0.3, 0.4) is 0 Å². The third-order valence-corrected chi connectivity index (χ3v) is 4.09. The van der Waals surface area contributed by atoms with Gasteiger partial charge in [0, 0.05) is 26.7 Å². The van der Waals surface area contributed by atoms with E-state index in [0.29, 0.717) is 10.0 Å². The Kier molecular flexibility index (Phi) is 5.34. The smallest absolute Gasteiger partial charge is 0.0499 e. The summed E-state index contributed by atoms with van der Waals surface area (Å²) >= 11 is 18.5. The lowest BCUT2D eigenvalue weighted by atomic mass is 10.0. The molecule has 20 heavy (non-hydrogen) atoms. The van der Waals surface area contributed by atoms with Crippen molar-refractivity contribution in [1.82, 2.24) is 5.32 Å². The Morgan fingerprint density at radius 3 is 2.35 bits per heavy atom. The highest BCUT2D eigenvalue weighted by Gasteiger charge is 2.11. The molecular weight excluding hydrogens is 313 g/mol. The molecule has 2 aromatic carbocycles. The van der Waals surface area contributed by atoms with Crippen molar-refractivity contribution < 1.29 is 0 Å². The molecular formula is C16H16Cl3N. The average Bonchev–Trinajstić information content (AvgIpc) is 2.38. The van der Waals surface area contributed by atoms with E-state index in [9.17, 15) is 0 Å². The van der Waals surface area contributed by atoms with Gasteiger partial charge in [-0.3, -0.25) is 0 Å². The third kappa shape index (κ3) is 3.48. The monoisotopic (exact) mass is 327 g/mol. The molecule has 0 amide bonds. The van der Waals surface area contributed by atoms with Crippen LogP contribution < -0.4 is 5.32 Å². The van der Waals surface area contributed by atoms with Gasteiger partial charge in [0.2, 0.25) is 0 Å². The number of halogens is 3. The minimum absolute atomic E-state index is 0.224. The molecule has 0 aliphatic carbocycles. The summed E-state index contributed by atoms with van der Waals surface area (Å²) in [6, 6.07) is 11.7. The zero-order valence-corrected chi connectivity index (χ0v) is 13.7. The fourth-order valence-electron chi connectivity index (χ4n) is 2.19. The molecule has 1 nitrogen and oxygen atoms in total. The van der Waals surface area contributed by atoms with E-state index in [1.165, 1.54) is 0 Å². The van der Waals surface area contributed by atoms with Crippen LogP contribution in [0.15, 0.2) is 36.4 Å². The summed E-state index contributed by atoms with van der Waals surface area (Å²) in [6.45, 7) is 5.08. The van der Waals surface area contributed by atoms with Gasteiger partial charge in [0.15, 0.2) is 0 Å². The third-order valence-electron chi connectivity index (χ3n) is 3.22. The van der Waals surface area contributed by atoms with Gasteiger partial charge >= 0.3 is 0 Å². The maximum Gasteiger partial charge on any atom is 0.0499 e. The van der Waals surface area contributed by atoms with Crippen LogP contribution in [0.4, 0.5) is 0 Å². The van der Waals surface area contributed by atoms with Crippen LogP contribution in [0.5, 0.6) is 0 Å². The largest absolute Gasteiger partial charge is 0.310 e. The molecule has 0 heterocycles. The Morgan fingerprint density at radius 1 is 1.00 bits per heavy atom. The van der Waals surface area contributed by atoms with Gasteiger partial charge in [0.05, 0.1) is 0 Å². The minimum atomic E-state index is 0.224. The number of benzene rings is 2. The highest BCUT2D eigenvalue weighted by atomic mass is 35.5. The first-order valence-corrected chi connectivity index (χ1v) is 7.64. The first kappa shape index (κ1) is 15.7. The van der Waals surface area contributed by atoms with Gasteiger partial charge < -0.3 is 5.32 Å². The Morgan fingerprint density at radius 2 is 1.75 bits per heavy atom. The molecule has 0 radical (unpaired) electrons. The van der Waals surface area contributed by atoms with Gasteiger partial charge in [0.25, 0.3) is 0 Å². The Bertz CT molecular complexity index is 611. The van der Waals surface area contributed by atoms with E-state index in [-0.39, 0.29) is 6.04 Å². The van der Waals surface area contributed by atoms with Crippen molar-refractivity contribution in [2.45, 2.75) is 19.9 Å². The second-order valence-corrected chi connectivity index (χ2v) is 5.89. The Labute approximate surface area is 134 Å². The van der Waals surface area contributed by atoms with Gasteiger partial charge in [-0.25, -0.2) is 0 Å². The molecule has 1 N–H and O–H groups in total. The van der Waals surface area contributed by atoms with E-state index in [1.54, 1.807) is 6.07 Å². The summed E-state index contributed by atoms with van der Waals surface area (Å²) in [5.74, 6) is 0. The predicted molar refractivity (Wildman–Crippen MR) is 89.0 cm³/mol. The van der Waals surface area contributed by atoms with E-state index in [2.05, 4.69) is 19.2 Å². The van der Waals surface area contributed by atoms with Crippen LogP contribution >= 0.6 is 34.8 Å². The van der Waals surface area contributed by atoms with Crippen LogP contribution in [-0.2, 0) is 0 Å². The van der Waals surface area contributed by atoms with Crippen LogP contribution in [-0.4, -0.2) is 6.54 Å². The Balaban J connectivity index is 2.38. The van der Waals surface area contributed by atoms with Crippen LogP contribution in [0.1, 0.15) is 25.5 Å². The molecule has 0 spiro atoms. The summed E-state index contributed by atoms with van der Waals surface area (Å²) in [6.07, 6.45) is 0. The van der Waals surface area contributed by atoms with E-state index in [4.69, 9.17) is 34.8 Å². The molecule has 0 saturated heterocycles. The quantitative estimate of drug-likeness (QED) is 0.727. The SMILES string of the molecule is CCNC(C)c1ccc(-c2ccc(Cl)cc2Cl)cc1Cl. The minimum Gasteiger partial charge on any atom is -0.310 e. The number of hydrogen-bond acceptors (Lipinski definition) is 1. The van der Waals surface area contributed by atoms with Crippen molar-refractivity contribution in [3.8, 4) is 11.1 Å². The van der Waals surface area contributed by atoms with Gasteiger partial charge in [0.1, 0.15) is 0 Å². The molecule has 1 atom stereocenters. The van der Waals surface area contributed by atoms with Gasteiger partial charge in [-0.15, -0.1) is 0 Å². The average molecular weight is 329 g/mol. The lowest BCUT2D eigenvalue weighted by molar-refractivity contribution is 0.598. The number of hydrogen-bond donors (Lipinski definition) is 1. The van der Waals surface area contributed by atoms with E-state index in [0.717, 1.165) is 28.3 Å². The maximum absolute atomic E-state index is 6.38. The van der Waals surface area contributed by atoms with Crippen molar-refractivity contribution in [2.75, 3.05) is 6.54 Å². The van der Waals surface area contributed by atoms with Crippen molar-refractivity contribution in [3.63, 3.8) is 0 Å². The zero-order valence-electron chi connectivity index (χ0n) is 11.4. The molecule has 2 rings (SSSR count). The fourth-order valence-corrected chi connectivity index (χ4v) is 3.05. The molecule has 0 aromatic heterocycles. The van der Waals surface area contributed by atoms with Gasteiger partial charge in [-0.05, 0) is 42.8 Å². The Hall–Kier alpha value is -0.730. The molecule has 0 aliphatic rings. The molecule has 106 valence electrons. The molecule has 0 aliphatic heterocycles.